The lowest BCUT2D eigenvalue weighted by atomic mass is 10.2. The lowest BCUT2D eigenvalue weighted by Crippen LogP contribution is -2.30. The zero-order chi connectivity index (χ0) is 24.9. The maximum absolute atomic E-state index is 12.6. The molecule has 1 heterocycles. The summed E-state index contributed by atoms with van der Waals surface area (Å²) in [6.07, 6.45) is 1.76. The van der Waals surface area contributed by atoms with Gasteiger partial charge in [-0.2, -0.15) is 4.31 Å². The van der Waals surface area contributed by atoms with Crippen LogP contribution in [0.15, 0.2) is 52.3 Å². The Labute approximate surface area is 201 Å². The molecule has 0 atom stereocenters. The summed E-state index contributed by atoms with van der Waals surface area (Å²) in [5.41, 5.74) is 1.35. The molecule has 9 nitrogen and oxygen atoms in total. The third-order valence-electron chi connectivity index (χ3n) is 5.32. The largest absolute Gasteiger partial charge is 0.484 e. The van der Waals surface area contributed by atoms with Crippen LogP contribution < -0.4 is 14.8 Å². The molecule has 1 aliphatic rings. The van der Waals surface area contributed by atoms with Gasteiger partial charge in [0.2, 0.25) is 20.0 Å². The van der Waals surface area contributed by atoms with Gasteiger partial charge in [-0.25, -0.2) is 21.6 Å². The van der Waals surface area contributed by atoms with Crippen molar-refractivity contribution in [2.24, 2.45) is 0 Å². The highest BCUT2D eigenvalue weighted by Gasteiger charge is 2.26. The van der Waals surface area contributed by atoms with Crippen LogP contribution in [0.2, 0.25) is 0 Å². The van der Waals surface area contributed by atoms with Gasteiger partial charge in [0.15, 0.2) is 6.61 Å². The van der Waals surface area contributed by atoms with Crippen LogP contribution in [0.4, 0.5) is 0 Å². The second-order valence-corrected chi connectivity index (χ2v) is 12.2. The molecule has 1 amide bonds. The first-order valence-corrected chi connectivity index (χ1v) is 14.0. The number of rotatable bonds is 10. The van der Waals surface area contributed by atoms with Crippen molar-refractivity contribution < 1.29 is 26.4 Å². The highest BCUT2D eigenvalue weighted by Crippen LogP contribution is 2.23. The highest BCUT2D eigenvalue weighted by atomic mass is 32.2. The Bertz CT molecular complexity index is 1220. The van der Waals surface area contributed by atoms with Crippen LogP contribution in [0.25, 0.3) is 0 Å². The Kier molecular flexibility index (Phi) is 8.34. The minimum atomic E-state index is -3.61. The van der Waals surface area contributed by atoms with Crippen molar-refractivity contribution >= 4 is 26.0 Å². The number of hydrogen-bond donors (Lipinski definition) is 2. The van der Waals surface area contributed by atoms with Gasteiger partial charge in [-0.05, 0) is 75.1 Å². The van der Waals surface area contributed by atoms with E-state index < -0.39 is 20.0 Å². The molecule has 0 aromatic heterocycles. The number of hydrogen-bond acceptors (Lipinski definition) is 6. The standard InChI is InChI=1S/C23H31N3O6S2/c1-17(2)25-33(28,29)21-10-11-22(18(3)14-21)32-16-23(27)24-15-19-6-8-20(9-7-19)34(30,31)26-12-4-5-13-26/h6-11,14,17,25H,4-5,12-13,15-16H2,1-3H3,(H,24,27). The number of carbonyl (C=O) groups excluding carboxylic acids is 1. The summed E-state index contributed by atoms with van der Waals surface area (Å²) in [5, 5.41) is 2.73. The van der Waals surface area contributed by atoms with Crippen molar-refractivity contribution in [2.75, 3.05) is 19.7 Å². The average molecular weight is 510 g/mol. The summed E-state index contributed by atoms with van der Waals surface area (Å²) in [6, 6.07) is 10.7. The van der Waals surface area contributed by atoms with Gasteiger partial charge < -0.3 is 10.1 Å². The lowest BCUT2D eigenvalue weighted by Gasteiger charge is -2.15. The Morgan fingerprint density at radius 1 is 1.00 bits per heavy atom. The van der Waals surface area contributed by atoms with Crippen LogP contribution in [0, 0.1) is 6.92 Å². The molecule has 2 N–H and O–H groups in total. The molecule has 186 valence electrons. The third kappa shape index (κ3) is 6.56. The first kappa shape index (κ1) is 26.1. The normalized spacial score (nSPS) is 14.9. The van der Waals surface area contributed by atoms with Crippen LogP contribution >= 0.6 is 0 Å². The third-order valence-corrected chi connectivity index (χ3v) is 8.89. The van der Waals surface area contributed by atoms with E-state index in [1.54, 1.807) is 45.0 Å². The first-order chi connectivity index (χ1) is 16.0. The number of nitrogens with zero attached hydrogens (tertiary/aromatic N) is 1. The zero-order valence-electron chi connectivity index (χ0n) is 19.6. The van der Waals surface area contributed by atoms with Crippen LogP contribution in [-0.2, 0) is 31.4 Å². The maximum Gasteiger partial charge on any atom is 0.258 e. The van der Waals surface area contributed by atoms with Crippen LogP contribution in [0.3, 0.4) is 0 Å². The summed E-state index contributed by atoms with van der Waals surface area (Å²) in [7, 11) is -7.08. The number of sulfonamides is 2. The summed E-state index contributed by atoms with van der Waals surface area (Å²) >= 11 is 0. The Hall–Kier alpha value is -2.47. The van der Waals surface area contributed by atoms with Gasteiger partial charge in [0, 0.05) is 25.7 Å². The molecule has 11 heteroatoms. The second-order valence-electron chi connectivity index (χ2n) is 8.52. The van der Waals surface area contributed by atoms with Crippen molar-refractivity contribution in [3.05, 3.63) is 53.6 Å². The van der Waals surface area contributed by atoms with Crippen LogP contribution in [0.5, 0.6) is 5.75 Å². The van der Waals surface area contributed by atoms with E-state index in [0.29, 0.717) is 24.4 Å². The van der Waals surface area contributed by atoms with Crippen molar-refractivity contribution in [2.45, 2.75) is 56.0 Å². The van der Waals surface area contributed by atoms with E-state index in [4.69, 9.17) is 4.74 Å². The van der Waals surface area contributed by atoms with Crippen molar-refractivity contribution in [3.63, 3.8) is 0 Å². The number of carbonyl (C=O) groups is 1. The van der Waals surface area contributed by atoms with Crippen LogP contribution in [-0.4, -0.2) is 52.8 Å². The Morgan fingerprint density at radius 2 is 1.62 bits per heavy atom. The van der Waals surface area contributed by atoms with E-state index >= 15 is 0 Å². The number of aryl methyl sites for hydroxylation is 1. The van der Waals surface area contributed by atoms with E-state index in [9.17, 15) is 21.6 Å². The van der Waals surface area contributed by atoms with Gasteiger partial charge in [0.25, 0.3) is 5.91 Å². The monoisotopic (exact) mass is 509 g/mol. The maximum atomic E-state index is 12.6. The highest BCUT2D eigenvalue weighted by molar-refractivity contribution is 7.89. The molecule has 0 saturated carbocycles. The minimum absolute atomic E-state index is 0.130. The van der Waals surface area contributed by atoms with Crippen LogP contribution in [0.1, 0.15) is 37.8 Å². The molecule has 0 spiro atoms. The molecule has 1 fully saturated rings. The predicted octanol–water partition coefficient (Wildman–Crippen LogP) is 2.16. The second kappa shape index (κ2) is 10.9. The average Bonchev–Trinajstić information content (AvgIpc) is 3.32. The molecule has 0 bridgehead atoms. The minimum Gasteiger partial charge on any atom is -0.484 e. The van der Waals surface area contributed by atoms with Crippen molar-refractivity contribution in [3.8, 4) is 5.75 Å². The number of nitrogens with one attached hydrogen (secondary N) is 2. The summed E-state index contributed by atoms with van der Waals surface area (Å²) in [5.74, 6) is 0.0569. The smallest absolute Gasteiger partial charge is 0.258 e. The molecule has 2 aromatic carbocycles. The quantitative estimate of drug-likeness (QED) is 0.506. The van der Waals surface area contributed by atoms with E-state index in [0.717, 1.165) is 18.4 Å². The van der Waals surface area contributed by atoms with E-state index in [2.05, 4.69) is 10.0 Å². The molecular formula is C23H31N3O6S2. The van der Waals surface area contributed by atoms with E-state index in [-0.39, 0.29) is 34.9 Å². The number of amides is 1. The molecule has 1 saturated heterocycles. The molecule has 1 aliphatic heterocycles. The summed E-state index contributed by atoms with van der Waals surface area (Å²) < 4.78 is 59.3. The first-order valence-electron chi connectivity index (χ1n) is 11.1. The summed E-state index contributed by atoms with van der Waals surface area (Å²) in [4.78, 5) is 12.6. The number of ether oxygens (including phenoxy) is 1. The van der Waals surface area contributed by atoms with Crippen molar-refractivity contribution in [1.82, 2.24) is 14.3 Å². The molecule has 0 aliphatic carbocycles. The Morgan fingerprint density at radius 3 is 2.21 bits per heavy atom. The van der Waals surface area contributed by atoms with E-state index in [1.807, 2.05) is 0 Å². The zero-order valence-corrected chi connectivity index (χ0v) is 21.2. The lowest BCUT2D eigenvalue weighted by molar-refractivity contribution is -0.123. The molecule has 34 heavy (non-hydrogen) atoms. The molecule has 3 rings (SSSR count). The SMILES string of the molecule is Cc1cc(S(=O)(=O)NC(C)C)ccc1OCC(=O)NCc1ccc(S(=O)(=O)N2CCCC2)cc1. The van der Waals surface area contributed by atoms with Gasteiger partial charge >= 0.3 is 0 Å². The van der Waals surface area contributed by atoms with Gasteiger partial charge in [0.05, 0.1) is 9.79 Å². The summed E-state index contributed by atoms with van der Waals surface area (Å²) in [6.45, 7) is 6.28. The Balaban J connectivity index is 1.52. The predicted molar refractivity (Wildman–Crippen MR) is 128 cm³/mol. The molecule has 0 unspecified atom stereocenters. The van der Waals surface area contributed by atoms with Gasteiger partial charge in [-0.1, -0.05) is 12.1 Å². The molecular weight excluding hydrogens is 478 g/mol. The topological polar surface area (TPSA) is 122 Å². The molecule has 2 aromatic rings. The van der Waals surface area contributed by atoms with Crippen molar-refractivity contribution in [1.29, 1.82) is 0 Å². The fourth-order valence-electron chi connectivity index (χ4n) is 3.58. The fourth-order valence-corrected chi connectivity index (χ4v) is 6.43. The number of benzene rings is 2. The molecule has 0 radical (unpaired) electrons. The van der Waals surface area contributed by atoms with Gasteiger partial charge in [0.1, 0.15) is 5.75 Å². The fraction of sp³-hybridized carbons (Fsp3) is 0.435. The van der Waals surface area contributed by atoms with Gasteiger partial charge in [-0.3, -0.25) is 4.79 Å². The van der Waals surface area contributed by atoms with E-state index in [1.165, 1.54) is 22.5 Å². The van der Waals surface area contributed by atoms with Gasteiger partial charge in [-0.15, -0.1) is 0 Å².